The molecule has 47 heavy (non-hydrogen) atoms. The third-order valence-corrected chi connectivity index (χ3v) is 6.92. The quantitative estimate of drug-likeness (QED) is 0.0811. The molecule has 1 amide bonds. The number of carbonyl (C=O) groups excluding carboxylic acids is 2. The van der Waals surface area contributed by atoms with Crippen molar-refractivity contribution in [1.82, 2.24) is 19.6 Å². The van der Waals surface area contributed by atoms with E-state index in [0.29, 0.717) is 44.6 Å². The van der Waals surface area contributed by atoms with E-state index in [1.54, 1.807) is 17.1 Å². The molecule has 0 bridgehead atoms. The zero-order chi connectivity index (χ0) is 35.4. The van der Waals surface area contributed by atoms with Crippen molar-refractivity contribution in [1.29, 1.82) is 5.26 Å². The van der Waals surface area contributed by atoms with Gasteiger partial charge < -0.3 is 14.7 Å². The summed E-state index contributed by atoms with van der Waals surface area (Å²) in [6.45, 7) is 14.2. The summed E-state index contributed by atoms with van der Waals surface area (Å²) >= 11 is 0. The van der Waals surface area contributed by atoms with Gasteiger partial charge in [0.1, 0.15) is 5.82 Å². The van der Waals surface area contributed by atoms with Crippen molar-refractivity contribution in [3.63, 3.8) is 0 Å². The number of amides is 1. The summed E-state index contributed by atoms with van der Waals surface area (Å²) in [6, 6.07) is 15.1. The van der Waals surface area contributed by atoms with Gasteiger partial charge in [-0.3, -0.25) is 14.5 Å². The minimum atomic E-state index is -4.79. The Kier molecular flexibility index (Phi) is 18.4. The zero-order valence-corrected chi connectivity index (χ0v) is 27.6. The lowest BCUT2D eigenvalue weighted by atomic mass is 10.1. The van der Waals surface area contributed by atoms with Crippen molar-refractivity contribution >= 4 is 12.7 Å². The van der Waals surface area contributed by atoms with Crippen LogP contribution in [0.1, 0.15) is 30.5 Å². The molecule has 254 valence electrons. The molecule has 1 aliphatic heterocycles. The van der Waals surface area contributed by atoms with Gasteiger partial charge in [-0.05, 0) is 49.9 Å². The largest absolute Gasteiger partial charge is 0.416 e. The van der Waals surface area contributed by atoms with E-state index in [1.165, 1.54) is 5.56 Å². The van der Waals surface area contributed by atoms with Crippen molar-refractivity contribution in [2.45, 2.75) is 33.0 Å². The van der Waals surface area contributed by atoms with Gasteiger partial charge in [0.05, 0.1) is 23.9 Å². The predicted octanol–water partition coefficient (Wildman–Crippen LogP) is 6.47. The Labute approximate surface area is 276 Å². The summed E-state index contributed by atoms with van der Waals surface area (Å²) in [4.78, 5) is 30.0. The fourth-order valence-corrected chi connectivity index (χ4v) is 4.48. The first-order chi connectivity index (χ1) is 22.4. The Bertz CT molecular complexity index is 1390. The maximum atomic E-state index is 14.1. The average Bonchev–Trinajstić information content (AvgIpc) is 3.07. The molecule has 0 saturated carbocycles. The maximum Gasteiger partial charge on any atom is 0.416 e. The SMILES string of the molecule is C=C/C(=C\C(=C)C#N)CN1CCN(/C(C=O)=C/N(C=O)Cc2c(F)cccc2C(F)(F)F)CC1.CC.CN(C)CCc1ccccc1. The van der Waals surface area contributed by atoms with E-state index < -0.39 is 29.7 Å². The Morgan fingerprint density at radius 3 is 2.17 bits per heavy atom. The van der Waals surface area contributed by atoms with Gasteiger partial charge >= 0.3 is 6.18 Å². The highest BCUT2D eigenvalue weighted by atomic mass is 19.4. The predicted molar refractivity (Wildman–Crippen MR) is 178 cm³/mol. The molecule has 1 heterocycles. The van der Waals surface area contributed by atoms with E-state index in [9.17, 15) is 27.2 Å². The van der Waals surface area contributed by atoms with Crippen LogP contribution < -0.4 is 0 Å². The van der Waals surface area contributed by atoms with E-state index in [4.69, 9.17) is 5.26 Å². The monoisotopic (exact) mass is 655 g/mol. The molecular weight excluding hydrogens is 610 g/mol. The van der Waals surface area contributed by atoms with Crippen LogP contribution in [-0.4, -0.2) is 85.7 Å². The zero-order valence-electron chi connectivity index (χ0n) is 27.6. The average molecular weight is 656 g/mol. The van der Waals surface area contributed by atoms with E-state index >= 15 is 0 Å². The first kappa shape index (κ1) is 40.5. The molecule has 1 fully saturated rings. The fraction of sp³-hybridized carbons (Fsp3) is 0.361. The van der Waals surface area contributed by atoms with Gasteiger partial charge in [-0.2, -0.15) is 18.4 Å². The van der Waals surface area contributed by atoms with Crippen LogP contribution in [0, 0.1) is 17.1 Å². The van der Waals surface area contributed by atoms with Crippen LogP contribution in [0.3, 0.4) is 0 Å². The molecule has 2 aromatic carbocycles. The molecule has 7 nitrogen and oxygen atoms in total. The molecule has 0 aliphatic carbocycles. The van der Waals surface area contributed by atoms with E-state index in [2.05, 4.69) is 67.4 Å². The highest BCUT2D eigenvalue weighted by Gasteiger charge is 2.34. The number of piperazine rings is 1. The number of aldehydes is 1. The highest BCUT2D eigenvalue weighted by Crippen LogP contribution is 2.33. The minimum absolute atomic E-state index is 0.0917. The summed E-state index contributed by atoms with van der Waals surface area (Å²) in [5.41, 5.74) is 0.756. The van der Waals surface area contributed by atoms with Crippen LogP contribution in [-0.2, 0) is 28.7 Å². The second kappa shape index (κ2) is 21.3. The molecule has 2 aromatic rings. The fourth-order valence-electron chi connectivity index (χ4n) is 4.48. The molecule has 3 rings (SSSR count). The normalized spacial score (nSPS) is 13.7. The molecule has 0 spiro atoms. The second-order valence-corrected chi connectivity index (χ2v) is 10.6. The summed E-state index contributed by atoms with van der Waals surface area (Å²) in [7, 11) is 4.20. The number of hydrogen-bond acceptors (Lipinski definition) is 6. The molecule has 0 atom stereocenters. The van der Waals surface area contributed by atoms with Gasteiger partial charge in [0.2, 0.25) is 6.41 Å². The van der Waals surface area contributed by atoms with Gasteiger partial charge in [-0.1, -0.05) is 69.5 Å². The lowest BCUT2D eigenvalue weighted by molar-refractivity contribution is -0.139. The Hall–Kier alpha value is -4.53. The second-order valence-electron chi connectivity index (χ2n) is 10.6. The molecular formula is C36H45F4N5O2. The van der Waals surface area contributed by atoms with Gasteiger partial charge in [0, 0.05) is 56.6 Å². The van der Waals surface area contributed by atoms with Crippen molar-refractivity contribution in [3.05, 3.63) is 119 Å². The van der Waals surface area contributed by atoms with Crippen LogP contribution in [0.25, 0.3) is 0 Å². The summed E-state index contributed by atoms with van der Waals surface area (Å²) in [5, 5.41) is 8.87. The van der Waals surface area contributed by atoms with Crippen molar-refractivity contribution in [2.75, 3.05) is 53.4 Å². The lowest BCUT2D eigenvalue weighted by Gasteiger charge is -2.36. The van der Waals surface area contributed by atoms with Crippen LogP contribution in [0.2, 0.25) is 0 Å². The number of carbonyl (C=O) groups is 2. The summed E-state index contributed by atoms with van der Waals surface area (Å²) < 4.78 is 53.9. The van der Waals surface area contributed by atoms with Crippen molar-refractivity contribution in [2.24, 2.45) is 0 Å². The first-order valence-electron chi connectivity index (χ1n) is 15.2. The van der Waals surface area contributed by atoms with Crippen molar-refractivity contribution < 1.29 is 27.2 Å². The first-order valence-corrected chi connectivity index (χ1v) is 15.2. The standard InChI is InChI=1S/C24H24F4N4O2.C10H15N.C2H6/c1-3-19(11-18(2)12-29)13-30-7-9-32(10-8-30)20(16-33)14-31(17-34)15-21-22(24(26,27)28)5-4-6-23(21)25;1-11(2)9-8-10-6-4-3-5-7-10;1-2/h3-6,11,14,16-17H,1-2,7-10,13,15H2;3-7H,8-9H2,1-2H3;1-2H3/b19-11+,20-14+;;. The number of hydrogen-bond donors (Lipinski definition) is 0. The molecule has 0 N–H and O–H groups in total. The Balaban J connectivity index is 0.000000710. The molecule has 11 heteroatoms. The van der Waals surface area contributed by atoms with E-state index in [-0.39, 0.29) is 12.1 Å². The number of halogens is 4. The van der Waals surface area contributed by atoms with E-state index in [0.717, 1.165) is 47.8 Å². The van der Waals surface area contributed by atoms with Gasteiger partial charge in [0.15, 0.2) is 6.29 Å². The molecule has 1 aliphatic rings. The van der Waals surface area contributed by atoms with Crippen LogP contribution in [0.4, 0.5) is 17.6 Å². The topological polar surface area (TPSA) is 70.9 Å². The Morgan fingerprint density at radius 1 is 1.02 bits per heavy atom. The Morgan fingerprint density at radius 2 is 1.66 bits per heavy atom. The summed E-state index contributed by atoms with van der Waals surface area (Å²) in [5.74, 6) is -1.10. The number of rotatable bonds is 13. The highest BCUT2D eigenvalue weighted by molar-refractivity contribution is 5.73. The van der Waals surface area contributed by atoms with E-state index in [1.807, 2.05) is 19.9 Å². The van der Waals surface area contributed by atoms with Crippen molar-refractivity contribution in [3.8, 4) is 6.07 Å². The molecule has 0 aromatic heterocycles. The molecule has 1 saturated heterocycles. The van der Waals surface area contributed by atoms with Gasteiger partial charge in [0.25, 0.3) is 0 Å². The third-order valence-electron chi connectivity index (χ3n) is 6.92. The van der Waals surface area contributed by atoms with Gasteiger partial charge in [-0.15, -0.1) is 0 Å². The number of benzene rings is 2. The number of nitrogens with zero attached hydrogens (tertiary/aromatic N) is 5. The minimum Gasteiger partial charge on any atom is -0.365 e. The number of allylic oxidation sites excluding steroid dienone is 3. The molecule has 0 unspecified atom stereocenters. The lowest BCUT2D eigenvalue weighted by Crippen LogP contribution is -2.46. The molecule has 0 radical (unpaired) electrons. The number of likely N-dealkylation sites (N-methyl/N-ethyl adjacent to an activating group) is 1. The smallest absolute Gasteiger partial charge is 0.365 e. The number of nitriles is 1. The van der Waals surface area contributed by atoms with Gasteiger partial charge in [-0.25, -0.2) is 4.39 Å². The third kappa shape index (κ3) is 14.6. The maximum absolute atomic E-state index is 14.1. The number of alkyl halides is 3. The van der Waals surface area contributed by atoms with Crippen LogP contribution in [0.15, 0.2) is 96.9 Å². The van der Waals surface area contributed by atoms with Crippen LogP contribution in [0.5, 0.6) is 0 Å². The van der Waals surface area contributed by atoms with Crippen LogP contribution >= 0.6 is 0 Å². The summed E-state index contributed by atoms with van der Waals surface area (Å²) in [6.07, 6.45) is 1.49.